The van der Waals surface area contributed by atoms with Crippen molar-refractivity contribution in [2.45, 2.75) is 78.4 Å². The highest BCUT2D eigenvalue weighted by atomic mass is 16.6. The number of nitrogens with one attached hydrogen (secondary N) is 2. The molecule has 2 N–H and O–H groups in total. The van der Waals surface area contributed by atoms with E-state index in [4.69, 9.17) is 4.74 Å². The molecule has 0 aliphatic rings. The first kappa shape index (κ1) is 25.9. The lowest BCUT2D eigenvalue weighted by Gasteiger charge is -2.23. The Morgan fingerprint density at radius 3 is 2.33 bits per heavy atom. The molecule has 1 heterocycles. The predicted molar refractivity (Wildman–Crippen MR) is 129 cm³/mol. The molecule has 2 rings (SSSR count). The van der Waals surface area contributed by atoms with Gasteiger partial charge in [-0.05, 0) is 68.0 Å². The van der Waals surface area contributed by atoms with Crippen LogP contribution in [0.2, 0.25) is 0 Å². The Morgan fingerprint density at radius 2 is 1.82 bits per heavy atom. The van der Waals surface area contributed by atoms with Crippen molar-refractivity contribution in [2.75, 3.05) is 5.32 Å². The minimum atomic E-state index is -0.715. The Bertz CT molecular complexity index is 1030. The van der Waals surface area contributed by atoms with E-state index in [0.717, 1.165) is 16.8 Å². The molecule has 0 aliphatic heterocycles. The molecular weight excluding hydrogens is 416 g/mol. The number of benzene rings is 1. The van der Waals surface area contributed by atoms with Crippen LogP contribution in [0.25, 0.3) is 0 Å². The number of carbonyl (C=O) groups is 2. The maximum Gasteiger partial charge on any atom is 0.408 e. The molecule has 33 heavy (non-hydrogen) atoms. The number of carbonyl (C=O) groups excluding carboxylic acids is 2. The van der Waals surface area contributed by atoms with Gasteiger partial charge in [0.25, 0.3) is 0 Å². The van der Waals surface area contributed by atoms with E-state index in [-0.39, 0.29) is 11.3 Å². The van der Waals surface area contributed by atoms with E-state index in [2.05, 4.69) is 42.5 Å². The fourth-order valence-electron chi connectivity index (χ4n) is 3.33. The van der Waals surface area contributed by atoms with E-state index < -0.39 is 17.7 Å². The lowest BCUT2D eigenvalue weighted by molar-refractivity contribution is -0.118. The van der Waals surface area contributed by atoms with E-state index in [1.807, 2.05) is 31.2 Å². The van der Waals surface area contributed by atoms with Crippen LogP contribution < -0.4 is 10.6 Å². The Balaban J connectivity index is 2.08. The molecule has 0 spiro atoms. The summed E-state index contributed by atoms with van der Waals surface area (Å²) in [6, 6.07) is 10.9. The molecule has 0 fully saturated rings. The van der Waals surface area contributed by atoms with Crippen molar-refractivity contribution in [1.29, 1.82) is 5.26 Å². The highest BCUT2D eigenvalue weighted by Gasteiger charge is 2.23. The van der Waals surface area contributed by atoms with Crippen molar-refractivity contribution in [3.63, 3.8) is 0 Å². The summed E-state index contributed by atoms with van der Waals surface area (Å²) < 4.78 is 5.23. The number of anilines is 1. The van der Waals surface area contributed by atoms with Crippen molar-refractivity contribution < 1.29 is 14.3 Å². The zero-order valence-electron chi connectivity index (χ0n) is 20.6. The summed E-state index contributed by atoms with van der Waals surface area (Å²) in [6.45, 7) is 13.5. The second kappa shape index (κ2) is 10.5. The van der Waals surface area contributed by atoms with Crippen molar-refractivity contribution in [3.8, 4) is 6.07 Å². The molecule has 7 heteroatoms. The molecule has 2 aromatic rings. The number of pyridine rings is 1. The smallest absolute Gasteiger partial charge is 0.408 e. The van der Waals surface area contributed by atoms with Gasteiger partial charge in [0, 0.05) is 12.1 Å². The first-order valence-corrected chi connectivity index (χ1v) is 11.1. The maximum atomic E-state index is 12.6. The zero-order valence-corrected chi connectivity index (χ0v) is 20.6. The zero-order chi connectivity index (χ0) is 24.8. The van der Waals surface area contributed by atoms with Gasteiger partial charge < -0.3 is 15.4 Å². The van der Waals surface area contributed by atoms with E-state index in [1.165, 1.54) is 0 Å². The van der Waals surface area contributed by atoms with Crippen LogP contribution in [0.3, 0.4) is 0 Å². The van der Waals surface area contributed by atoms with Crippen LogP contribution in [0.15, 0.2) is 36.5 Å². The molecule has 0 saturated heterocycles. The number of hydrogen-bond donors (Lipinski definition) is 2. The Hall–Kier alpha value is -3.40. The summed E-state index contributed by atoms with van der Waals surface area (Å²) in [4.78, 5) is 29.1. The predicted octanol–water partition coefficient (Wildman–Crippen LogP) is 5.08. The number of aromatic nitrogens is 1. The molecule has 0 aliphatic carbocycles. The van der Waals surface area contributed by atoms with Crippen LogP contribution in [-0.4, -0.2) is 28.6 Å². The highest BCUT2D eigenvalue weighted by Crippen LogP contribution is 2.28. The molecule has 1 aromatic heterocycles. The van der Waals surface area contributed by atoms with Crippen molar-refractivity contribution >= 4 is 17.7 Å². The quantitative estimate of drug-likeness (QED) is 0.638. The fourth-order valence-corrected chi connectivity index (χ4v) is 3.33. The summed E-state index contributed by atoms with van der Waals surface area (Å²) in [5.41, 5.74) is 3.51. The molecule has 1 aromatic carbocycles. The Kier molecular flexibility index (Phi) is 8.21. The summed E-state index contributed by atoms with van der Waals surface area (Å²) >= 11 is 0. The van der Waals surface area contributed by atoms with E-state index in [9.17, 15) is 14.9 Å². The van der Waals surface area contributed by atoms with Crippen LogP contribution in [0.5, 0.6) is 0 Å². The van der Waals surface area contributed by atoms with Gasteiger partial charge in [-0.3, -0.25) is 9.78 Å². The summed E-state index contributed by atoms with van der Waals surface area (Å²) in [5.74, 6) is -0.333. The average molecular weight is 451 g/mol. The largest absolute Gasteiger partial charge is 0.444 e. The van der Waals surface area contributed by atoms with Crippen molar-refractivity contribution in [1.82, 2.24) is 10.3 Å². The third-order valence-corrected chi connectivity index (χ3v) is 4.93. The van der Waals surface area contributed by atoms with Crippen LogP contribution in [-0.2, 0) is 21.4 Å². The molecule has 0 radical (unpaired) electrons. The minimum absolute atomic E-state index is 0.105. The normalized spacial score (nSPS) is 12.4. The third kappa shape index (κ3) is 7.90. The van der Waals surface area contributed by atoms with E-state index >= 15 is 0 Å². The van der Waals surface area contributed by atoms with E-state index in [0.29, 0.717) is 24.1 Å². The molecular formula is C26H34N4O3. The van der Waals surface area contributed by atoms with Gasteiger partial charge >= 0.3 is 6.09 Å². The molecule has 0 unspecified atom stereocenters. The van der Waals surface area contributed by atoms with Gasteiger partial charge in [-0.15, -0.1) is 0 Å². The van der Waals surface area contributed by atoms with Crippen LogP contribution in [0.4, 0.5) is 10.5 Å². The van der Waals surface area contributed by atoms with Gasteiger partial charge in [0.2, 0.25) is 5.91 Å². The second-order valence-electron chi connectivity index (χ2n) is 10.0. The number of alkyl carbamates (subject to hydrolysis) is 1. The Morgan fingerprint density at radius 1 is 1.12 bits per heavy atom. The molecule has 1 atom stereocenters. The maximum absolute atomic E-state index is 12.6. The standard InChI is InChI=1S/C26H34N4O3/c1-8-22(30-24(32)33-26(5,6)7)23(31)29-20-12-11-19(28-16-20)14-18-10-9-17(15-27)13-21(18)25(2,3)4/h9-13,16,22H,8,14H2,1-7H3,(H,29,31)(H,30,32)/t22-/m1/s1. The summed E-state index contributed by atoms with van der Waals surface area (Å²) in [5, 5.41) is 14.6. The second-order valence-corrected chi connectivity index (χ2v) is 10.0. The molecule has 176 valence electrons. The minimum Gasteiger partial charge on any atom is -0.444 e. The number of nitriles is 1. The monoisotopic (exact) mass is 450 g/mol. The van der Waals surface area contributed by atoms with Crippen LogP contribution in [0, 0.1) is 11.3 Å². The lowest BCUT2D eigenvalue weighted by atomic mass is 9.81. The third-order valence-electron chi connectivity index (χ3n) is 4.93. The number of nitrogens with zero attached hydrogens (tertiary/aromatic N) is 2. The Labute approximate surface area is 196 Å². The summed E-state index contributed by atoms with van der Waals surface area (Å²) in [7, 11) is 0. The number of amides is 2. The number of rotatable bonds is 6. The topological polar surface area (TPSA) is 104 Å². The molecule has 0 saturated carbocycles. The van der Waals surface area contributed by atoms with Gasteiger partial charge in [0.1, 0.15) is 11.6 Å². The molecule has 0 bridgehead atoms. The highest BCUT2D eigenvalue weighted by molar-refractivity contribution is 5.96. The SMILES string of the molecule is CC[C@@H](NC(=O)OC(C)(C)C)C(=O)Nc1ccc(Cc2ccc(C#N)cc2C(C)(C)C)nc1. The average Bonchev–Trinajstić information content (AvgIpc) is 2.71. The van der Waals surface area contributed by atoms with Gasteiger partial charge in [0.15, 0.2) is 0 Å². The van der Waals surface area contributed by atoms with Crippen molar-refractivity contribution in [2.24, 2.45) is 0 Å². The van der Waals surface area contributed by atoms with Gasteiger partial charge in [-0.2, -0.15) is 5.26 Å². The fraction of sp³-hybridized carbons (Fsp3) is 0.462. The first-order valence-electron chi connectivity index (χ1n) is 11.1. The van der Waals surface area contributed by atoms with Crippen molar-refractivity contribution in [3.05, 3.63) is 58.9 Å². The van der Waals surface area contributed by atoms with Gasteiger partial charge in [-0.25, -0.2) is 4.79 Å². The van der Waals surface area contributed by atoms with Gasteiger partial charge in [0.05, 0.1) is 23.5 Å². The van der Waals surface area contributed by atoms with Crippen LogP contribution >= 0.6 is 0 Å². The first-order chi connectivity index (χ1) is 15.3. The van der Waals surface area contributed by atoms with Crippen LogP contribution in [0.1, 0.15) is 77.3 Å². The molecule has 2 amide bonds. The summed E-state index contributed by atoms with van der Waals surface area (Å²) in [6.07, 6.45) is 2.01. The lowest BCUT2D eigenvalue weighted by Crippen LogP contribution is -2.45. The molecule has 7 nitrogen and oxygen atoms in total. The van der Waals surface area contributed by atoms with E-state index in [1.54, 1.807) is 33.0 Å². The number of ether oxygens (including phenoxy) is 1. The number of hydrogen-bond acceptors (Lipinski definition) is 5. The van der Waals surface area contributed by atoms with Gasteiger partial charge in [-0.1, -0.05) is 33.8 Å².